The Balaban J connectivity index is 2.42. The number of benzene rings is 1. The maximum atomic E-state index is 13.1. The molecular formula is C14H22FN3O2. The summed E-state index contributed by atoms with van der Waals surface area (Å²) in [6.07, 6.45) is 1.87. The maximum absolute atomic E-state index is 13.1. The molecule has 0 unspecified atom stereocenters. The van der Waals surface area contributed by atoms with Gasteiger partial charge in [-0.05, 0) is 46.3 Å². The molecule has 1 rings (SSSR count). The van der Waals surface area contributed by atoms with Gasteiger partial charge in [-0.2, -0.15) is 0 Å². The van der Waals surface area contributed by atoms with Crippen LogP contribution < -0.4 is 5.32 Å². The number of hydrogen-bond donors (Lipinski definition) is 1. The Morgan fingerprint density at radius 1 is 1.40 bits per heavy atom. The normalized spacial score (nSPS) is 11.1. The molecule has 1 aromatic rings. The van der Waals surface area contributed by atoms with Crippen LogP contribution >= 0.6 is 0 Å². The molecule has 0 atom stereocenters. The number of rotatable bonds is 8. The van der Waals surface area contributed by atoms with Gasteiger partial charge in [-0.25, -0.2) is 4.39 Å². The Kier molecular flexibility index (Phi) is 6.38. The number of nitro groups is 1. The number of nitro benzene ring substituents is 1. The Labute approximate surface area is 118 Å². The van der Waals surface area contributed by atoms with Crippen LogP contribution in [0.15, 0.2) is 18.2 Å². The molecule has 0 spiro atoms. The van der Waals surface area contributed by atoms with Crippen molar-refractivity contribution in [3.05, 3.63) is 34.1 Å². The molecule has 112 valence electrons. The van der Waals surface area contributed by atoms with E-state index in [1.165, 1.54) is 12.1 Å². The first kappa shape index (κ1) is 16.4. The highest BCUT2D eigenvalue weighted by Gasteiger charge is 2.13. The molecule has 20 heavy (non-hydrogen) atoms. The molecule has 0 aliphatic carbocycles. The average molecular weight is 283 g/mol. The van der Waals surface area contributed by atoms with E-state index in [9.17, 15) is 14.5 Å². The molecule has 1 aromatic carbocycles. The van der Waals surface area contributed by atoms with Crippen molar-refractivity contribution in [2.45, 2.75) is 32.7 Å². The monoisotopic (exact) mass is 283 g/mol. The summed E-state index contributed by atoms with van der Waals surface area (Å²) >= 11 is 0. The zero-order valence-electron chi connectivity index (χ0n) is 12.2. The molecule has 0 radical (unpaired) electrons. The van der Waals surface area contributed by atoms with Crippen molar-refractivity contribution in [3.63, 3.8) is 0 Å². The van der Waals surface area contributed by atoms with Crippen molar-refractivity contribution in [1.82, 2.24) is 4.90 Å². The Hall–Kier alpha value is -1.69. The summed E-state index contributed by atoms with van der Waals surface area (Å²) in [5, 5.41) is 13.8. The van der Waals surface area contributed by atoms with Gasteiger partial charge in [-0.1, -0.05) is 0 Å². The highest BCUT2D eigenvalue weighted by Crippen LogP contribution is 2.24. The molecule has 0 saturated carbocycles. The molecule has 0 heterocycles. The third kappa shape index (κ3) is 5.13. The van der Waals surface area contributed by atoms with E-state index in [2.05, 4.69) is 31.1 Å². The van der Waals surface area contributed by atoms with Crippen molar-refractivity contribution < 1.29 is 9.31 Å². The van der Waals surface area contributed by atoms with Gasteiger partial charge >= 0.3 is 0 Å². The lowest BCUT2D eigenvalue weighted by atomic mass is 10.2. The number of nitrogens with one attached hydrogen (secondary N) is 1. The fourth-order valence-electron chi connectivity index (χ4n) is 1.78. The van der Waals surface area contributed by atoms with Crippen molar-refractivity contribution in [2.24, 2.45) is 0 Å². The molecule has 6 heteroatoms. The third-order valence-electron chi connectivity index (χ3n) is 3.29. The zero-order chi connectivity index (χ0) is 15.1. The minimum Gasteiger partial charge on any atom is -0.379 e. The van der Waals surface area contributed by atoms with E-state index in [0.717, 1.165) is 25.5 Å². The van der Waals surface area contributed by atoms with Crippen molar-refractivity contribution in [2.75, 3.05) is 25.5 Å². The second kappa shape index (κ2) is 7.79. The van der Waals surface area contributed by atoms with E-state index in [1.54, 1.807) is 0 Å². The van der Waals surface area contributed by atoms with Crippen LogP contribution in [0.5, 0.6) is 0 Å². The summed E-state index contributed by atoms with van der Waals surface area (Å²) in [6.45, 7) is 5.84. The molecule has 5 nitrogen and oxygen atoms in total. The van der Waals surface area contributed by atoms with E-state index in [0.29, 0.717) is 12.6 Å². The van der Waals surface area contributed by atoms with Crippen LogP contribution in [0.1, 0.15) is 26.7 Å². The van der Waals surface area contributed by atoms with E-state index in [4.69, 9.17) is 0 Å². The zero-order valence-corrected chi connectivity index (χ0v) is 12.2. The van der Waals surface area contributed by atoms with Crippen molar-refractivity contribution >= 4 is 11.4 Å². The minimum atomic E-state index is -0.506. The number of unbranched alkanes of at least 4 members (excludes halogenated alkanes) is 1. The fraction of sp³-hybridized carbons (Fsp3) is 0.571. The molecule has 1 N–H and O–H groups in total. The average Bonchev–Trinajstić information content (AvgIpc) is 2.37. The standard InChI is InChI=1S/C14H22FN3O2/c1-11(2)17(3)9-5-4-8-16-13-10-12(15)6-7-14(13)18(19)20/h6-7,10-11,16H,4-5,8-9H2,1-3H3. The SMILES string of the molecule is CC(C)N(C)CCCCNc1cc(F)ccc1[N+](=O)[O-]. The summed E-state index contributed by atoms with van der Waals surface area (Å²) in [4.78, 5) is 12.6. The largest absolute Gasteiger partial charge is 0.379 e. The second-order valence-electron chi connectivity index (χ2n) is 5.13. The van der Waals surface area contributed by atoms with Crippen molar-refractivity contribution in [1.29, 1.82) is 0 Å². The number of anilines is 1. The molecule has 0 aliphatic rings. The molecule has 0 bridgehead atoms. The van der Waals surface area contributed by atoms with Gasteiger partial charge in [0, 0.05) is 24.7 Å². The van der Waals surface area contributed by atoms with Gasteiger partial charge in [0.05, 0.1) is 4.92 Å². The van der Waals surface area contributed by atoms with Crippen LogP contribution in [0.25, 0.3) is 0 Å². The molecule has 0 aromatic heterocycles. The number of hydrogen-bond acceptors (Lipinski definition) is 4. The van der Waals surface area contributed by atoms with E-state index < -0.39 is 10.7 Å². The first-order valence-corrected chi connectivity index (χ1v) is 6.80. The Morgan fingerprint density at radius 2 is 2.10 bits per heavy atom. The second-order valence-corrected chi connectivity index (χ2v) is 5.13. The quantitative estimate of drug-likeness (QED) is 0.452. The van der Waals surface area contributed by atoms with Crippen LogP contribution in [-0.2, 0) is 0 Å². The molecule has 0 fully saturated rings. The van der Waals surface area contributed by atoms with Crippen LogP contribution in [0.2, 0.25) is 0 Å². The van der Waals surface area contributed by atoms with E-state index in [-0.39, 0.29) is 11.4 Å². The van der Waals surface area contributed by atoms with Gasteiger partial charge in [0.2, 0.25) is 0 Å². The summed E-state index contributed by atoms with van der Waals surface area (Å²) in [5.41, 5.74) is 0.151. The fourth-order valence-corrected chi connectivity index (χ4v) is 1.78. The molecule has 0 aliphatic heterocycles. The first-order chi connectivity index (χ1) is 9.41. The number of halogens is 1. The first-order valence-electron chi connectivity index (χ1n) is 6.80. The van der Waals surface area contributed by atoms with Gasteiger partial charge < -0.3 is 10.2 Å². The Bertz CT molecular complexity index is 452. The summed E-state index contributed by atoms with van der Waals surface area (Å²) in [6, 6.07) is 3.95. The van der Waals surface area contributed by atoms with E-state index >= 15 is 0 Å². The Morgan fingerprint density at radius 3 is 2.70 bits per heavy atom. The van der Waals surface area contributed by atoms with Gasteiger partial charge in [-0.15, -0.1) is 0 Å². The maximum Gasteiger partial charge on any atom is 0.292 e. The van der Waals surface area contributed by atoms with Crippen LogP contribution in [-0.4, -0.2) is 36.0 Å². The van der Waals surface area contributed by atoms with E-state index in [1.807, 2.05) is 0 Å². The van der Waals surface area contributed by atoms with Crippen LogP contribution in [0.4, 0.5) is 15.8 Å². The van der Waals surface area contributed by atoms with Gasteiger partial charge in [0.25, 0.3) is 5.69 Å². The van der Waals surface area contributed by atoms with Gasteiger partial charge in [0.1, 0.15) is 11.5 Å². The predicted molar refractivity (Wildman–Crippen MR) is 78.5 cm³/mol. The lowest BCUT2D eigenvalue weighted by Crippen LogP contribution is -2.27. The highest BCUT2D eigenvalue weighted by molar-refractivity contribution is 5.61. The van der Waals surface area contributed by atoms with Crippen LogP contribution in [0, 0.1) is 15.9 Å². The lowest BCUT2D eigenvalue weighted by molar-refractivity contribution is -0.384. The summed E-state index contributed by atoms with van der Waals surface area (Å²) < 4.78 is 13.1. The van der Waals surface area contributed by atoms with Gasteiger partial charge in [0.15, 0.2) is 0 Å². The topological polar surface area (TPSA) is 58.4 Å². The smallest absolute Gasteiger partial charge is 0.292 e. The highest BCUT2D eigenvalue weighted by atomic mass is 19.1. The van der Waals surface area contributed by atoms with Crippen LogP contribution in [0.3, 0.4) is 0 Å². The molecule has 0 saturated heterocycles. The summed E-state index contributed by atoms with van der Waals surface area (Å²) in [7, 11) is 2.06. The van der Waals surface area contributed by atoms with Crippen molar-refractivity contribution in [3.8, 4) is 0 Å². The van der Waals surface area contributed by atoms with Gasteiger partial charge in [-0.3, -0.25) is 10.1 Å². The lowest BCUT2D eigenvalue weighted by Gasteiger charge is -2.20. The summed E-state index contributed by atoms with van der Waals surface area (Å²) in [5.74, 6) is -0.474. The minimum absolute atomic E-state index is 0.0919. The molecule has 0 amide bonds. The third-order valence-corrected chi connectivity index (χ3v) is 3.29. The predicted octanol–water partition coefficient (Wildman–Crippen LogP) is 3.27. The molecular weight excluding hydrogens is 261 g/mol. The number of nitrogens with zero attached hydrogens (tertiary/aromatic N) is 2.